The van der Waals surface area contributed by atoms with Crippen LogP contribution >= 0.6 is 12.4 Å². The van der Waals surface area contributed by atoms with E-state index in [2.05, 4.69) is 5.32 Å². The lowest BCUT2D eigenvalue weighted by atomic mass is 9.97. The molecular formula is C11H16ClNO2. The van der Waals surface area contributed by atoms with Crippen LogP contribution in [-0.4, -0.2) is 18.3 Å². The number of rotatable bonds is 3. The van der Waals surface area contributed by atoms with E-state index in [-0.39, 0.29) is 18.2 Å². The van der Waals surface area contributed by atoms with Gasteiger partial charge in [-0.25, -0.2) is 0 Å². The zero-order valence-corrected chi connectivity index (χ0v) is 9.51. The number of nitrogens with one attached hydrogen (secondary N) is 1. The Bertz CT molecular complexity index is 326. The molecule has 0 amide bonds. The summed E-state index contributed by atoms with van der Waals surface area (Å²) in [6, 6.07) is 5.95. The lowest BCUT2D eigenvalue weighted by Gasteiger charge is -2.28. The SMILES string of the molecule is CCOc1cccc([C@@H]2CCN2)c1O.Cl. The van der Waals surface area contributed by atoms with Crippen LogP contribution in [0.5, 0.6) is 11.5 Å². The highest BCUT2D eigenvalue weighted by molar-refractivity contribution is 5.85. The van der Waals surface area contributed by atoms with Crippen molar-refractivity contribution >= 4 is 12.4 Å². The minimum atomic E-state index is 0. The van der Waals surface area contributed by atoms with Crippen LogP contribution in [0.4, 0.5) is 0 Å². The number of para-hydroxylation sites is 1. The van der Waals surface area contributed by atoms with Crippen LogP contribution in [0, 0.1) is 0 Å². The van der Waals surface area contributed by atoms with E-state index in [1.54, 1.807) is 6.07 Å². The molecule has 0 saturated carbocycles. The molecule has 0 unspecified atom stereocenters. The number of phenolic OH excluding ortho intramolecular Hbond substituents is 1. The molecular weight excluding hydrogens is 214 g/mol. The Balaban J connectivity index is 0.00000112. The molecule has 0 aliphatic carbocycles. The third-order valence-corrected chi connectivity index (χ3v) is 2.53. The van der Waals surface area contributed by atoms with E-state index in [0.29, 0.717) is 18.4 Å². The number of ether oxygens (including phenoxy) is 1. The molecule has 1 atom stereocenters. The van der Waals surface area contributed by atoms with Crippen molar-refractivity contribution in [2.24, 2.45) is 0 Å². The van der Waals surface area contributed by atoms with Crippen molar-refractivity contribution in [3.63, 3.8) is 0 Å². The Morgan fingerprint density at radius 2 is 2.27 bits per heavy atom. The summed E-state index contributed by atoms with van der Waals surface area (Å²) in [5.41, 5.74) is 0.946. The molecule has 1 aliphatic heterocycles. The zero-order valence-electron chi connectivity index (χ0n) is 8.69. The Labute approximate surface area is 95.9 Å². The average molecular weight is 230 g/mol. The van der Waals surface area contributed by atoms with Crippen molar-refractivity contribution in [1.29, 1.82) is 0 Å². The van der Waals surface area contributed by atoms with Crippen LogP contribution < -0.4 is 10.1 Å². The van der Waals surface area contributed by atoms with Gasteiger partial charge in [0, 0.05) is 11.6 Å². The van der Waals surface area contributed by atoms with Crippen LogP contribution in [0.1, 0.15) is 24.9 Å². The predicted octanol–water partition coefficient (Wildman–Crippen LogP) is 2.25. The molecule has 2 rings (SSSR count). The molecule has 1 aliphatic rings. The summed E-state index contributed by atoms with van der Waals surface area (Å²) in [4.78, 5) is 0. The molecule has 1 heterocycles. The summed E-state index contributed by atoms with van der Waals surface area (Å²) >= 11 is 0. The number of halogens is 1. The fraction of sp³-hybridized carbons (Fsp3) is 0.455. The maximum absolute atomic E-state index is 9.89. The number of hydrogen-bond donors (Lipinski definition) is 2. The normalized spacial score (nSPS) is 18.9. The van der Waals surface area contributed by atoms with Crippen LogP contribution in [0.2, 0.25) is 0 Å². The molecule has 0 spiro atoms. The first-order chi connectivity index (χ1) is 6.83. The predicted molar refractivity (Wildman–Crippen MR) is 61.9 cm³/mol. The summed E-state index contributed by atoms with van der Waals surface area (Å²) in [5.74, 6) is 0.866. The van der Waals surface area contributed by atoms with Gasteiger partial charge in [-0.2, -0.15) is 0 Å². The summed E-state index contributed by atoms with van der Waals surface area (Å²) in [7, 11) is 0. The van der Waals surface area contributed by atoms with Crippen molar-refractivity contribution in [3.05, 3.63) is 23.8 Å². The monoisotopic (exact) mass is 229 g/mol. The largest absolute Gasteiger partial charge is 0.504 e. The Kier molecular flexibility index (Phi) is 4.24. The molecule has 0 radical (unpaired) electrons. The quantitative estimate of drug-likeness (QED) is 0.836. The lowest BCUT2D eigenvalue weighted by molar-refractivity contribution is 0.308. The second-order valence-electron chi connectivity index (χ2n) is 3.42. The van der Waals surface area contributed by atoms with E-state index >= 15 is 0 Å². The van der Waals surface area contributed by atoms with E-state index in [4.69, 9.17) is 4.74 Å². The van der Waals surface area contributed by atoms with Gasteiger partial charge < -0.3 is 15.2 Å². The summed E-state index contributed by atoms with van der Waals surface area (Å²) < 4.78 is 5.32. The third kappa shape index (κ3) is 2.36. The minimum Gasteiger partial charge on any atom is -0.504 e. The van der Waals surface area contributed by atoms with E-state index < -0.39 is 0 Å². The van der Waals surface area contributed by atoms with Gasteiger partial charge in [-0.1, -0.05) is 12.1 Å². The first-order valence-corrected chi connectivity index (χ1v) is 5.01. The average Bonchev–Trinajstić information content (AvgIpc) is 2.09. The van der Waals surface area contributed by atoms with Crippen LogP contribution in [-0.2, 0) is 0 Å². The van der Waals surface area contributed by atoms with Crippen molar-refractivity contribution in [3.8, 4) is 11.5 Å². The highest BCUT2D eigenvalue weighted by atomic mass is 35.5. The standard InChI is InChI=1S/C11H15NO2.ClH/c1-2-14-10-5-3-4-8(11(10)13)9-6-7-12-9;/h3-5,9,12-13H,2,6-7H2,1H3;1H/t9-;/m0./s1. The van der Waals surface area contributed by atoms with Gasteiger partial charge in [0.2, 0.25) is 0 Å². The molecule has 0 aromatic heterocycles. The molecule has 1 aromatic rings. The van der Waals surface area contributed by atoms with Gasteiger partial charge >= 0.3 is 0 Å². The van der Waals surface area contributed by atoms with Gasteiger partial charge in [-0.15, -0.1) is 12.4 Å². The van der Waals surface area contributed by atoms with Crippen molar-refractivity contribution < 1.29 is 9.84 Å². The van der Waals surface area contributed by atoms with Gasteiger partial charge in [-0.3, -0.25) is 0 Å². The molecule has 4 heteroatoms. The first-order valence-electron chi connectivity index (χ1n) is 5.01. The second kappa shape index (κ2) is 5.24. The highest BCUT2D eigenvalue weighted by Gasteiger charge is 2.22. The highest BCUT2D eigenvalue weighted by Crippen LogP contribution is 2.36. The van der Waals surface area contributed by atoms with E-state index in [1.807, 2.05) is 19.1 Å². The molecule has 3 nitrogen and oxygen atoms in total. The Hall–Kier alpha value is -0.930. The molecule has 2 N–H and O–H groups in total. The van der Waals surface area contributed by atoms with Crippen molar-refractivity contribution in [2.75, 3.05) is 13.2 Å². The summed E-state index contributed by atoms with van der Waals surface area (Å²) in [6.07, 6.45) is 1.09. The minimum absolute atomic E-state index is 0. The molecule has 1 fully saturated rings. The molecule has 1 saturated heterocycles. The maximum Gasteiger partial charge on any atom is 0.162 e. The molecule has 1 aromatic carbocycles. The molecule has 15 heavy (non-hydrogen) atoms. The molecule has 84 valence electrons. The van der Waals surface area contributed by atoms with Crippen molar-refractivity contribution in [2.45, 2.75) is 19.4 Å². The van der Waals surface area contributed by atoms with E-state index in [0.717, 1.165) is 18.5 Å². The van der Waals surface area contributed by atoms with Crippen LogP contribution in [0.15, 0.2) is 18.2 Å². The lowest BCUT2D eigenvalue weighted by Crippen LogP contribution is -2.34. The second-order valence-corrected chi connectivity index (χ2v) is 3.42. The van der Waals surface area contributed by atoms with Gasteiger partial charge in [0.1, 0.15) is 0 Å². The van der Waals surface area contributed by atoms with Gasteiger partial charge in [0.15, 0.2) is 11.5 Å². The topological polar surface area (TPSA) is 41.5 Å². The third-order valence-electron chi connectivity index (χ3n) is 2.53. The van der Waals surface area contributed by atoms with Crippen LogP contribution in [0.3, 0.4) is 0 Å². The first kappa shape index (κ1) is 12.1. The number of aromatic hydroxyl groups is 1. The Morgan fingerprint density at radius 1 is 1.53 bits per heavy atom. The number of hydrogen-bond acceptors (Lipinski definition) is 3. The smallest absolute Gasteiger partial charge is 0.162 e. The fourth-order valence-corrected chi connectivity index (χ4v) is 1.65. The van der Waals surface area contributed by atoms with Gasteiger partial charge in [-0.05, 0) is 26.0 Å². The van der Waals surface area contributed by atoms with Gasteiger partial charge in [0.25, 0.3) is 0 Å². The number of benzene rings is 1. The zero-order chi connectivity index (χ0) is 9.97. The maximum atomic E-state index is 9.89. The summed E-state index contributed by atoms with van der Waals surface area (Å²) in [5, 5.41) is 13.1. The fourth-order valence-electron chi connectivity index (χ4n) is 1.65. The van der Waals surface area contributed by atoms with E-state index in [1.165, 1.54) is 0 Å². The Morgan fingerprint density at radius 3 is 2.80 bits per heavy atom. The summed E-state index contributed by atoms with van der Waals surface area (Å²) in [6.45, 7) is 3.52. The van der Waals surface area contributed by atoms with E-state index in [9.17, 15) is 5.11 Å². The molecule has 0 bridgehead atoms. The van der Waals surface area contributed by atoms with Gasteiger partial charge in [0.05, 0.1) is 6.61 Å². The number of phenols is 1. The van der Waals surface area contributed by atoms with Crippen LogP contribution in [0.25, 0.3) is 0 Å². The van der Waals surface area contributed by atoms with Crippen molar-refractivity contribution in [1.82, 2.24) is 5.32 Å².